The number of nitrogens with zero attached hydrogens (tertiary/aromatic N) is 3. The zero-order chi connectivity index (χ0) is 20.1. The number of hydrogen-bond acceptors (Lipinski definition) is 5. The zero-order valence-electron chi connectivity index (χ0n) is 15.9. The molecule has 3 aliphatic heterocycles. The molecular formula is C19H23F2N3O4. The van der Waals surface area contributed by atoms with Crippen LogP contribution in [0.5, 0.6) is 0 Å². The van der Waals surface area contributed by atoms with E-state index in [1.807, 2.05) is 0 Å². The summed E-state index contributed by atoms with van der Waals surface area (Å²) in [6, 6.07) is 2.32. The van der Waals surface area contributed by atoms with Crippen LogP contribution in [0.1, 0.15) is 19.8 Å². The van der Waals surface area contributed by atoms with Crippen LogP contribution in [0.3, 0.4) is 0 Å². The third-order valence-corrected chi connectivity index (χ3v) is 5.75. The lowest BCUT2D eigenvalue weighted by Crippen LogP contribution is -2.38. The van der Waals surface area contributed by atoms with Gasteiger partial charge in [0.2, 0.25) is 5.91 Å². The average Bonchev–Trinajstić information content (AvgIpc) is 3.29. The molecule has 3 aliphatic rings. The van der Waals surface area contributed by atoms with E-state index in [0.29, 0.717) is 13.1 Å². The number of amides is 2. The van der Waals surface area contributed by atoms with Gasteiger partial charge in [-0.2, -0.15) is 0 Å². The number of epoxide rings is 1. The minimum atomic E-state index is -0.709. The van der Waals surface area contributed by atoms with Crippen molar-refractivity contribution in [1.29, 1.82) is 0 Å². The summed E-state index contributed by atoms with van der Waals surface area (Å²) in [5, 5.41) is 0. The Kier molecular flexibility index (Phi) is 4.65. The Hall–Kier alpha value is -2.42. The van der Waals surface area contributed by atoms with Gasteiger partial charge in [-0.3, -0.25) is 9.69 Å². The summed E-state index contributed by atoms with van der Waals surface area (Å²) in [7, 11) is 1.60. The van der Waals surface area contributed by atoms with Gasteiger partial charge in [0, 0.05) is 39.2 Å². The molecule has 0 bridgehead atoms. The summed E-state index contributed by atoms with van der Waals surface area (Å²) < 4.78 is 40.2. The average molecular weight is 395 g/mol. The third kappa shape index (κ3) is 3.50. The first-order valence-corrected chi connectivity index (χ1v) is 9.36. The Bertz CT molecular complexity index is 781. The fraction of sp³-hybridized carbons (Fsp3) is 0.579. The molecule has 28 heavy (non-hydrogen) atoms. The summed E-state index contributed by atoms with van der Waals surface area (Å²) in [6.07, 6.45) is 0.262. The third-order valence-electron chi connectivity index (χ3n) is 5.75. The van der Waals surface area contributed by atoms with Crippen molar-refractivity contribution in [3.63, 3.8) is 0 Å². The van der Waals surface area contributed by atoms with E-state index >= 15 is 0 Å². The highest BCUT2D eigenvalue weighted by Crippen LogP contribution is 2.40. The predicted molar refractivity (Wildman–Crippen MR) is 97.4 cm³/mol. The van der Waals surface area contributed by atoms with Gasteiger partial charge in [0.25, 0.3) is 0 Å². The molecule has 3 fully saturated rings. The van der Waals surface area contributed by atoms with Crippen molar-refractivity contribution in [3.8, 4) is 0 Å². The summed E-state index contributed by atoms with van der Waals surface area (Å²) >= 11 is 0. The SMILES string of the molecule is CC(=O)N(C)C[C@H]1CN(c2cc(F)c(N3CCC4(CC3)CO4)c(F)c2)C(=O)O1. The number of ether oxygens (including phenoxy) is 2. The topological polar surface area (TPSA) is 65.6 Å². The minimum Gasteiger partial charge on any atom is -0.442 e. The molecule has 1 spiro atoms. The maximum atomic E-state index is 14.8. The highest BCUT2D eigenvalue weighted by molar-refractivity contribution is 5.90. The second-order valence-electron chi connectivity index (χ2n) is 7.73. The van der Waals surface area contributed by atoms with Crippen LogP contribution in [-0.4, -0.2) is 68.4 Å². The molecule has 0 saturated carbocycles. The van der Waals surface area contributed by atoms with E-state index < -0.39 is 23.8 Å². The lowest BCUT2D eigenvalue weighted by Gasteiger charge is -2.32. The monoisotopic (exact) mass is 395 g/mol. The quantitative estimate of drug-likeness (QED) is 0.731. The predicted octanol–water partition coefficient (Wildman–Crippen LogP) is 2.14. The normalized spacial score (nSPS) is 23.1. The molecule has 152 valence electrons. The van der Waals surface area contributed by atoms with Crippen LogP contribution in [0.25, 0.3) is 0 Å². The number of benzene rings is 1. The van der Waals surface area contributed by atoms with Gasteiger partial charge in [-0.15, -0.1) is 0 Å². The summed E-state index contributed by atoms with van der Waals surface area (Å²) in [4.78, 5) is 27.8. The van der Waals surface area contributed by atoms with Crippen molar-refractivity contribution in [2.45, 2.75) is 31.5 Å². The smallest absolute Gasteiger partial charge is 0.414 e. The Balaban J connectivity index is 1.48. The van der Waals surface area contributed by atoms with Crippen LogP contribution in [0.2, 0.25) is 0 Å². The molecule has 0 radical (unpaired) electrons. The van der Waals surface area contributed by atoms with E-state index in [9.17, 15) is 18.4 Å². The number of halogens is 2. The number of carbonyl (C=O) groups excluding carboxylic acids is 2. The van der Waals surface area contributed by atoms with Crippen molar-refractivity contribution in [2.24, 2.45) is 0 Å². The highest BCUT2D eigenvalue weighted by Gasteiger charge is 2.47. The van der Waals surface area contributed by atoms with Crippen LogP contribution in [0.15, 0.2) is 12.1 Å². The van der Waals surface area contributed by atoms with Crippen molar-refractivity contribution >= 4 is 23.4 Å². The van der Waals surface area contributed by atoms with E-state index in [1.54, 1.807) is 11.9 Å². The molecule has 3 heterocycles. The highest BCUT2D eigenvalue weighted by atomic mass is 19.1. The number of piperidine rings is 1. The van der Waals surface area contributed by atoms with Gasteiger partial charge in [0.15, 0.2) is 11.6 Å². The summed E-state index contributed by atoms with van der Waals surface area (Å²) in [5.74, 6) is -1.57. The molecule has 1 aromatic rings. The Morgan fingerprint density at radius 3 is 2.43 bits per heavy atom. The molecule has 0 unspecified atom stereocenters. The molecule has 0 aromatic heterocycles. The standard InChI is InChI=1S/C19H23F2N3O4/c1-12(25)22(2)9-14-10-24(18(26)28-14)13-7-15(20)17(16(21)8-13)23-5-3-19(4-6-23)11-27-19/h7-8,14H,3-6,9-11H2,1-2H3/t14-/m0/s1. The van der Waals surface area contributed by atoms with Gasteiger partial charge >= 0.3 is 6.09 Å². The van der Waals surface area contributed by atoms with E-state index in [1.165, 1.54) is 16.7 Å². The van der Waals surface area contributed by atoms with E-state index in [4.69, 9.17) is 9.47 Å². The lowest BCUT2D eigenvalue weighted by atomic mass is 9.97. The lowest BCUT2D eigenvalue weighted by molar-refractivity contribution is -0.128. The van der Waals surface area contributed by atoms with Crippen LogP contribution in [0, 0.1) is 11.6 Å². The maximum absolute atomic E-state index is 14.8. The molecule has 0 N–H and O–H groups in total. The molecule has 9 heteroatoms. The van der Waals surface area contributed by atoms with E-state index in [0.717, 1.165) is 31.6 Å². The van der Waals surface area contributed by atoms with Crippen molar-refractivity contribution in [1.82, 2.24) is 4.90 Å². The Labute approximate surface area is 161 Å². The van der Waals surface area contributed by atoms with Crippen LogP contribution >= 0.6 is 0 Å². The van der Waals surface area contributed by atoms with Gasteiger partial charge in [0.05, 0.1) is 31.0 Å². The molecule has 1 aromatic carbocycles. The number of cyclic esters (lactones) is 1. The molecule has 3 saturated heterocycles. The fourth-order valence-corrected chi connectivity index (χ4v) is 3.80. The molecule has 0 aliphatic carbocycles. The largest absolute Gasteiger partial charge is 0.442 e. The van der Waals surface area contributed by atoms with Crippen molar-refractivity contribution in [2.75, 3.05) is 49.6 Å². The van der Waals surface area contributed by atoms with Crippen molar-refractivity contribution < 1.29 is 27.8 Å². The number of likely N-dealkylation sites (N-methyl/N-ethyl adjacent to an activating group) is 1. The fourth-order valence-electron chi connectivity index (χ4n) is 3.80. The summed E-state index contributed by atoms with van der Waals surface area (Å²) in [5.41, 5.74) is -0.0412. The van der Waals surface area contributed by atoms with Crippen LogP contribution in [0.4, 0.5) is 25.0 Å². The van der Waals surface area contributed by atoms with Gasteiger partial charge in [-0.25, -0.2) is 13.6 Å². The second-order valence-corrected chi connectivity index (χ2v) is 7.73. The minimum absolute atomic E-state index is 0.0697. The van der Waals surface area contributed by atoms with E-state index in [-0.39, 0.29) is 36.0 Å². The summed E-state index contributed by atoms with van der Waals surface area (Å²) in [6.45, 7) is 3.53. The van der Waals surface area contributed by atoms with E-state index in [2.05, 4.69) is 0 Å². The van der Waals surface area contributed by atoms with Crippen molar-refractivity contribution in [3.05, 3.63) is 23.8 Å². The molecule has 1 atom stereocenters. The molecule has 2 amide bonds. The van der Waals surface area contributed by atoms with Gasteiger partial charge in [0.1, 0.15) is 11.8 Å². The van der Waals surface area contributed by atoms with Gasteiger partial charge < -0.3 is 19.3 Å². The first-order chi connectivity index (χ1) is 13.3. The number of anilines is 2. The molecule has 7 nitrogen and oxygen atoms in total. The second kappa shape index (κ2) is 6.88. The molecule has 4 rings (SSSR count). The van der Waals surface area contributed by atoms with Gasteiger partial charge in [-0.1, -0.05) is 0 Å². The number of carbonyl (C=O) groups is 2. The zero-order valence-corrected chi connectivity index (χ0v) is 15.9. The van der Waals surface area contributed by atoms with Crippen LogP contribution in [-0.2, 0) is 14.3 Å². The first-order valence-electron chi connectivity index (χ1n) is 9.36. The number of hydrogen-bond donors (Lipinski definition) is 0. The maximum Gasteiger partial charge on any atom is 0.414 e. The Morgan fingerprint density at radius 2 is 1.89 bits per heavy atom. The number of rotatable bonds is 4. The first kappa shape index (κ1) is 18.9. The molecular weight excluding hydrogens is 372 g/mol. The van der Waals surface area contributed by atoms with Crippen LogP contribution < -0.4 is 9.80 Å². The van der Waals surface area contributed by atoms with Gasteiger partial charge in [-0.05, 0) is 12.8 Å². The Morgan fingerprint density at radius 1 is 1.29 bits per heavy atom.